The minimum absolute atomic E-state index is 0.0806. The number of hydrogen-bond acceptors (Lipinski definition) is 4. The van der Waals surface area contributed by atoms with Crippen LogP contribution in [0, 0.1) is 6.92 Å². The van der Waals surface area contributed by atoms with Crippen LogP contribution >= 0.6 is 11.6 Å². The highest BCUT2D eigenvalue weighted by molar-refractivity contribution is 6.31. The smallest absolute Gasteiger partial charge is 0.267 e. The molecule has 1 aliphatic heterocycles. The van der Waals surface area contributed by atoms with Gasteiger partial charge in [0.15, 0.2) is 11.5 Å². The number of anilines is 1. The van der Waals surface area contributed by atoms with Crippen molar-refractivity contribution in [3.63, 3.8) is 0 Å². The first-order valence-corrected chi connectivity index (χ1v) is 9.09. The Bertz CT molecular complexity index is 856. The maximum Gasteiger partial charge on any atom is 0.267 e. The number of halogens is 1. The SMILES string of the molecule is CCN(CC(=O)Nc1cc(Cl)ccc1C)C(=O)C1COc2ccccc2O1. The Balaban J connectivity index is 1.63. The Morgan fingerprint density at radius 2 is 1.96 bits per heavy atom. The fraction of sp³-hybridized carbons (Fsp3) is 0.300. The van der Waals surface area contributed by atoms with Gasteiger partial charge in [-0.25, -0.2) is 0 Å². The number of fused-ring (bicyclic) bond motifs is 1. The lowest BCUT2D eigenvalue weighted by atomic mass is 10.2. The number of carbonyl (C=O) groups is 2. The van der Waals surface area contributed by atoms with Crippen molar-refractivity contribution in [2.24, 2.45) is 0 Å². The number of amides is 2. The van der Waals surface area contributed by atoms with Crippen LogP contribution in [-0.2, 0) is 9.59 Å². The average molecular weight is 389 g/mol. The van der Waals surface area contributed by atoms with Gasteiger partial charge >= 0.3 is 0 Å². The summed E-state index contributed by atoms with van der Waals surface area (Å²) in [4.78, 5) is 26.6. The standard InChI is InChI=1S/C20H21ClN2O4/c1-3-23(11-19(24)22-15-10-14(21)9-8-13(15)2)20(25)18-12-26-16-6-4-5-7-17(16)27-18/h4-10,18H,3,11-12H2,1-2H3,(H,22,24). The molecule has 1 atom stereocenters. The Labute approximate surface area is 163 Å². The molecule has 3 rings (SSSR count). The third kappa shape index (κ3) is 4.52. The number of rotatable bonds is 5. The van der Waals surface area contributed by atoms with Crippen molar-refractivity contribution in [3.8, 4) is 11.5 Å². The first-order valence-electron chi connectivity index (χ1n) is 8.71. The Kier molecular flexibility index (Phi) is 5.86. The molecular formula is C20H21ClN2O4. The molecule has 6 nitrogen and oxygen atoms in total. The number of carbonyl (C=O) groups excluding carboxylic acids is 2. The number of nitrogens with one attached hydrogen (secondary N) is 1. The molecule has 1 N–H and O–H groups in total. The largest absolute Gasteiger partial charge is 0.485 e. The Hall–Kier alpha value is -2.73. The highest BCUT2D eigenvalue weighted by atomic mass is 35.5. The first kappa shape index (κ1) is 19.0. The van der Waals surface area contributed by atoms with Gasteiger partial charge in [0.1, 0.15) is 6.61 Å². The third-order valence-corrected chi connectivity index (χ3v) is 4.52. The normalized spacial score (nSPS) is 15.1. The molecule has 0 saturated heterocycles. The molecule has 0 aliphatic carbocycles. The van der Waals surface area contributed by atoms with Crippen molar-refractivity contribution in [2.45, 2.75) is 20.0 Å². The lowest BCUT2D eigenvalue weighted by Gasteiger charge is -2.30. The van der Waals surface area contributed by atoms with Crippen molar-refractivity contribution in [1.29, 1.82) is 0 Å². The predicted octanol–water partition coefficient (Wildman–Crippen LogP) is 3.28. The summed E-state index contributed by atoms with van der Waals surface area (Å²) in [6.45, 7) is 4.10. The highest BCUT2D eigenvalue weighted by Gasteiger charge is 2.31. The van der Waals surface area contributed by atoms with Gasteiger partial charge < -0.3 is 19.7 Å². The molecule has 0 spiro atoms. The minimum Gasteiger partial charge on any atom is -0.485 e. The molecule has 1 unspecified atom stereocenters. The van der Waals surface area contributed by atoms with E-state index in [0.29, 0.717) is 28.8 Å². The maximum atomic E-state index is 12.8. The fourth-order valence-corrected chi connectivity index (χ4v) is 2.95. The van der Waals surface area contributed by atoms with Crippen molar-refractivity contribution in [2.75, 3.05) is 25.0 Å². The van der Waals surface area contributed by atoms with E-state index >= 15 is 0 Å². The van der Waals surface area contributed by atoms with Gasteiger partial charge in [0, 0.05) is 17.3 Å². The molecule has 2 aromatic carbocycles. The van der Waals surface area contributed by atoms with Crippen LogP contribution in [0.3, 0.4) is 0 Å². The lowest BCUT2D eigenvalue weighted by Crippen LogP contribution is -2.48. The zero-order valence-corrected chi connectivity index (χ0v) is 16.0. The number of ether oxygens (including phenoxy) is 2. The monoisotopic (exact) mass is 388 g/mol. The maximum absolute atomic E-state index is 12.8. The molecule has 2 amide bonds. The summed E-state index contributed by atoms with van der Waals surface area (Å²) in [5, 5.41) is 3.33. The van der Waals surface area contributed by atoms with Crippen LogP contribution in [-0.4, -0.2) is 42.5 Å². The highest BCUT2D eigenvalue weighted by Crippen LogP contribution is 2.31. The topological polar surface area (TPSA) is 67.9 Å². The van der Waals surface area contributed by atoms with Gasteiger partial charge in [-0.3, -0.25) is 9.59 Å². The average Bonchev–Trinajstić information content (AvgIpc) is 2.68. The quantitative estimate of drug-likeness (QED) is 0.853. The van der Waals surface area contributed by atoms with Crippen molar-refractivity contribution >= 4 is 29.1 Å². The van der Waals surface area contributed by atoms with Gasteiger partial charge in [0.25, 0.3) is 5.91 Å². The molecule has 1 aliphatic rings. The summed E-state index contributed by atoms with van der Waals surface area (Å²) in [6, 6.07) is 12.5. The molecule has 27 heavy (non-hydrogen) atoms. The van der Waals surface area contributed by atoms with E-state index < -0.39 is 6.10 Å². The Morgan fingerprint density at radius 3 is 2.70 bits per heavy atom. The van der Waals surface area contributed by atoms with Crippen LogP contribution in [0.15, 0.2) is 42.5 Å². The number of likely N-dealkylation sites (N-methyl/N-ethyl adjacent to an activating group) is 1. The summed E-state index contributed by atoms with van der Waals surface area (Å²) in [6.07, 6.45) is -0.777. The molecule has 2 aromatic rings. The molecule has 0 bridgehead atoms. The summed E-state index contributed by atoms with van der Waals surface area (Å²) in [7, 11) is 0. The zero-order valence-electron chi connectivity index (χ0n) is 15.2. The lowest BCUT2D eigenvalue weighted by molar-refractivity contribution is -0.143. The summed E-state index contributed by atoms with van der Waals surface area (Å²) in [5.41, 5.74) is 1.52. The molecule has 142 valence electrons. The Morgan fingerprint density at radius 1 is 1.22 bits per heavy atom. The summed E-state index contributed by atoms with van der Waals surface area (Å²) >= 11 is 5.98. The molecular weight excluding hydrogens is 368 g/mol. The van der Waals surface area contributed by atoms with Gasteiger partial charge in [-0.05, 0) is 43.7 Å². The second-order valence-corrected chi connectivity index (χ2v) is 6.66. The molecule has 1 heterocycles. The van der Waals surface area contributed by atoms with Gasteiger partial charge in [-0.15, -0.1) is 0 Å². The van der Waals surface area contributed by atoms with Crippen molar-refractivity contribution in [1.82, 2.24) is 4.90 Å². The number of hydrogen-bond donors (Lipinski definition) is 1. The molecule has 0 saturated carbocycles. The van der Waals surface area contributed by atoms with Gasteiger partial charge in [0.05, 0.1) is 6.54 Å². The fourth-order valence-electron chi connectivity index (χ4n) is 2.78. The van der Waals surface area contributed by atoms with E-state index in [2.05, 4.69) is 5.32 Å². The van der Waals surface area contributed by atoms with E-state index in [1.165, 1.54) is 4.90 Å². The second kappa shape index (κ2) is 8.31. The second-order valence-electron chi connectivity index (χ2n) is 6.22. The van der Waals surface area contributed by atoms with Crippen LogP contribution in [0.2, 0.25) is 5.02 Å². The van der Waals surface area contributed by atoms with Crippen molar-refractivity contribution < 1.29 is 19.1 Å². The minimum atomic E-state index is -0.777. The van der Waals surface area contributed by atoms with E-state index in [1.807, 2.05) is 32.0 Å². The van der Waals surface area contributed by atoms with Crippen LogP contribution < -0.4 is 14.8 Å². The van der Waals surface area contributed by atoms with Crippen LogP contribution in [0.1, 0.15) is 12.5 Å². The van der Waals surface area contributed by atoms with Crippen LogP contribution in [0.25, 0.3) is 0 Å². The van der Waals surface area contributed by atoms with Crippen LogP contribution in [0.5, 0.6) is 11.5 Å². The van der Waals surface area contributed by atoms with E-state index in [9.17, 15) is 9.59 Å². The van der Waals surface area contributed by atoms with E-state index in [1.54, 1.807) is 24.3 Å². The predicted molar refractivity (Wildman–Crippen MR) is 103 cm³/mol. The molecule has 0 radical (unpaired) electrons. The number of nitrogens with zero attached hydrogens (tertiary/aromatic N) is 1. The third-order valence-electron chi connectivity index (χ3n) is 4.29. The first-order chi connectivity index (χ1) is 13.0. The number of aryl methyl sites for hydroxylation is 1. The number of benzene rings is 2. The van der Waals surface area contributed by atoms with Crippen molar-refractivity contribution in [3.05, 3.63) is 53.1 Å². The van der Waals surface area contributed by atoms with Gasteiger partial charge in [-0.1, -0.05) is 29.8 Å². The van der Waals surface area contributed by atoms with E-state index in [0.717, 1.165) is 5.56 Å². The number of para-hydroxylation sites is 2. The van der Waals surface area contributed by atoms with Gasteiger partial charge in [-0.2, -0.15) is 0 Å². The summed E-state index contributed by atoms with van der Waals surface area (Å²) < 4.78 is 11.3. The summed E-state index contributed by atoms with van der Waals surface area (Å²) in [5.74, 6) is 0.550. The molecule has 0 aromatic heterocycles. The molecule has 0 fully saturated rings. The van der Waals surface area contributed by atoms with Crippen LogP contribution in [0.4, 0.5) is 5.69 Å². The zero-order chi connectivity index (χ0) is 19.4. The molecule has 7 heteroatoms. The van der Waals surface area contributed by atoms with Gasteiger partial charge in [0.2, 0.25) is 12.0 Å². The van der Waals surface area contributed by atoms with E-state index in [-0.39, 0.29) is 25.0 Å². The van der Waals surface area contributed by atoms with E-state index in [4.69, 9.17) is 21.1 Å².